The summed E-state index contributed by atoms with van der Waals surface area (Å²) in [7, 11) is 0. The van der Waals surface area contributed by atoms with E-state index in [1.54, 1.807) is 12.1 Å². The molecule has 0 N–H and O–H groups in total. The van der Waals surface area contributed by atoms with Crippen molar-refractivity contribution in [3.05, 3.63) is 64.9 Å². The van der Waals surface area contributed by atoms with Gasteiger partial charge in [0.1, 0.15) is 23.9 Å². The van der Waals surface area contributed by atoms with Crippen LogP contribution < -0.4 is 0 Å². The van der Waals surface area contributed by atoms with Crippen molar-refractivity contribution in [2.24, 2.45) is 4.99 Å². The SMILES string of the molecule is C=C1C(=C)C(=N/C(C#N)=C(\C)C#N)c2nc(C#N)c(C#N)nc2C1=C. The molecule has 2 rings (SSSR count). The summed E-state index contributed by atoms with van der Waals surface area (Å²) in [5.41, 5.74) is 1.39. The van der Waals surface area contributed by atoms with Gasteiger partial charge in [-0.25, -0.2) is 15.0 Å². The molecule has 25 heavy (non-hydrogen) atoms. The van der Waals surface area contributed by atoms with E-state index < -0.39 is 0 Å². The number of aromatic nitrogens is 2. The van der Waals surface area contributed by atoms with Crippen molar-refractivity contribution in [3.8, 4) is 24.3 Å². The lowest BCUT2D eigenvalue weighted by molar-refractivity contribution is 1.08. The van der Waals surface area contributed by atoms with E-state index in [9.17, 15) is 5.26 Å². The van der Waals surface area contributed by atoms with Gasteiger partial charge in [0, 0.05) is 11.1 Å². The van der Waals surface area contributed by atoms with Gasteiger partial charge in [-0.05, 0) is 12.5 Å². The molecule has 0 aliphatic heterocycles. The smallest absolute Gasteiger partial charge is 0.177 e. The average Bonchev–Trinajstić information content (AvgIpc) is 2.64. The fraction of sp³-hybridized carbons (Fsp3) is 0.0556. The van der Waals surface area contributed by atoms with Gasteiger partial charge in [-0.1, -0.05) is 19.7 Å². The molecule has 0 fully saturated rings. The Balaban J connectivity index is 2.92. The molecule has 0 unspecified atom stereocenters. The van der Waals surface area contributed by atoms with E-state index in [1.165, 1.54) is 6.92 Å². The number of nitrogens with zero attached hydrogens (tertiary/aromatic N) is 7. The van der Waals surface area contributed by atoms with E-state index in [-0.39, 0.29) is 39.8 Å². The molecule has 1 aliphatic rings. The Kier molecular flexibility index (Phi) is 4.38. The third kappa shape index (κ3) is 2.70. The molecule has 1 heterocycles. The molecule has 7 nitrogen and oxygen atoms in total. The Hall–Kier alpha value is -4.33. The van der Waals surface area contributed by atoms with Crippen molar-refractivity contribution in [1.29, 1.82) is 21.0 Å². The second kappa shape index (κ2) is 6.42. The van der Waals surface area contributed by atoms with E-state index in [0.717, 1.165) is 0 Å². The van der Waals surface area contributed by atoms with Gasteiger partial charge in [0.2, 0.25) is 0 Å². The molecule has 1 aromatic heterocycles. The minimum absolute atomic E-state index is 0.112. The minimum atomic E-state index is -0.179. The monoisotopic (exact) mass is 323 g/mol. The van der Waals surface area contributed by atoms with E-state index in [1.807, 2.05) is 12.1 Å². The zero-order valence-electron chi connectivity index (χ0n) is 13.3. The molecule has 116 valence electrons. The number of rotatable bonds is 1. The van der Waals surface area contributed by atoms with Gasteiger partial charge in [0.25, 0.3) is 0 Å². The Morgan fingerprint density at radius 3 is 1.88 bits per heavy atom. The van der Waals surface area contributed by atoms with Gasteiger partial charge in [-0.2, -0.15) is 21.0 Å². The van der Waals surface area contributed by atoms with Crippen LogP contribution in [0.25, 0.3) is 5.57 Å². The van der Waals surface area contributed by atoms with Gasteiger partial charge in [-0.3, -0.25) is 0 Å². The highest BCUT2D eigenvalue weighted by molar-refractivity contribution is 6.22. The maximum atomic E-state index is 9.23. The fourth-order valence-corrected chi connectivity index (χ4v) is 2.06. The second-order valence-electron chi connectivity index (χ2n) is 4.93. The topological polar surface area (TPSA) is 133 Å². The highest BCUT2D eigenvalue weighted by atomic mass is 14.9. The Morgan fingerprint density at radius 2 is 1.40 bits per heavy atom. The largest absolute Gasteiger partial charge is 0.234 e. The summed E-state index contributed by atoms with van der Waals surface area (Å²) in [5, 5.41) is 36.5. The van der Waals surface area contributed by atoms with Crippen LogP contribution >= 0.6 is 0 Å². The number of fused-ring (bicyclic) bond motifs is 1. The number of hydrogen-bond donors (Lipinski definition) is 0. The zero-order chi connectivity index (χ0) is 18.7. The molecule has 0 amide bonds. The summed E-state index contributed by atoms with van der Waals surface area (Å²) >= 11 is 0. The number of aliphatic imine (C=N–C) groups is 1. The number of nitriles is 4. The number of allylic oxidation sites excluding steroid dienone is 5. The highest BCUT2D eigenvalue weighted by Crippen LogP contribution is 2.35. The first kappa shape index (κ1) is 17.0. The van der Waals surface area contributed by atoms with Crippen LogP contribution in [-0.2, 0) is 0 Å². The average molecular weight is 323 g/mol. The maximum absolute atomic E-state index is 9.23. The standard InChI is InChI=1S/C18H9N7/c1-9(5-19)13(6-20)23-16-11(3)10(2)12(4)17-18(16)25-15(8-22)14(7-21)24-17/h2-4H2,1H3/b13-9+,23-16?. The Morgan fingerprint density at radius 1 is 0.840 bits per heavy atom. The van der Waals surface area contributed by atoms with E-state index in [4.69, 9.17) is 15.8 Å². The molecule has 0 bridgehead atoms. The van der Waals surface area contributed by atoms with E-state index in [0.29, 0.717) is 16.7 Å². The zero-order valence-corrected chi connectivity index (χ0v) is 13.3. The van der Waals surface area contributed by atoms with Gasteiger partial charge < -0.3 is 0 Å². The molecule has 0 aromatic carbocycles. The predicted molar refractivity (Wildman–Crippen MR) is 89.2 cm³/mol. The van der Waals surface area contributed by atoms with Crippen molar-refractivity contribution in [3.63, 3.8) is 0 Å². The van der Waals surface area contributed by atoms with Crippen LogP contribution in [0.5, 0.6) is 0 Å². The van der Waals surface area contributed by atoms with Gasteiger partial charge in [0.15, 0.2) is 17.1 Å². The van der Waals surface area contributed by atoms with Crippen molar-refractivity contribution in [2.75, 3.05) is 0 Å². The van der Waals surface area contributed by atoms with Gasteiger partial charge >= 0.3 is 0 Å². The van der Waals surface area contributed by atoms with Crippen molar-refractivity contribution >= 4 is 11.3 Å². The minimum Gasteiger partial charge on any atom is -0.234 e. The Bertz CT molecular complexity index is 1090. The lowest BCUT2D eigenvalue weighted by Crippen LogP contribution is -2.21. The fourth-order valence-electron chi connectivity index (χ4n) is 2.06. The third-order valence-corrected chi connectivity index (χ3v) is 3.48. The van der Waals surface area contributed by atoms with Crippen LogP contribution in [0.15, 0.2) is 47.1 Å². The van der Waals surface area contributed by atoms with Crippen LogP contribution in [0, 0.1) is 45.3 Å². The molecule has 0 saturated heterocycles. The van der Waals surface area contributed by atoms with Crippen LogP contribution in [0.4, 0.5) is 0 Å². The van der Waals surface area contributed by atoms with Crippen LogP contribution in [0.1, 0.15) is 29.7 Å². The maximum Gasteiger partial charge on any atom is 0.177 e. The van der Waals surface area contributed by atoms with Crippen molar-refractivity contribution in [1.82, 2.24) is 9.97 Å². The first-order valence-electron chi connectivity index (χ1n) is 6.80. The molecule has 0 saturated carbocycles. The van der Waals surface area contributed by atoms with Crippen LogP contribution in [-0.4, -0.2) is 15.7 Å². The van der Waals surface area contributed by atoms with Crippen molar-refractivity contribution in [2.45, 2.75) is 6.92 Å². The predicted octanol–water partition coefficient (Wildman–Crippen LogP) is 2.47. The molecule has 1 aromatic rings. The van der Waals surface area contributed by atoms with Gasteiger partial charge in [-0.15, -0.1) is 0 Å². The van der Waals surface area contributed by atoms with Crippen LogP contribution in [0.3, 0.4) is 0 Å². The lowest BCUT2D eigenvalue weighted by Gasteiger charge is -2.22. The number of hydrogen-bond acceptors (Lipinski definition) is 7. The normalized spacial score (nSPS) is 15.4. The summed E-state index contributed by atoms with van der Waals surface area (Å²) in [6.07, 6.45) is 0. The molecular formula is C18H9N7. The molecule has 7 heteroatoms. The van der Waals surface area contributed by atoms with Crippen molar-refractivity contribution < 1.29 is 0 Å². The summed E-state index contributed by atoms with van der Waals surface area (Å²) in [6, 6.07) is 7.29. The molecule has 1 aliphatic carbocycles. The Labute approximate surface area is 144 Å². The first-order valence-corrected chi connectivity index (χ1v) is 6.80. The quantitative estimate of drug-likeness (QED) is 0.729. The molecule has 0 radical (unpaired) electrons. The molecule has 0 spiro atoms. The van der Waals surface area contributed by atoms with E-state index >= 15 is 0 Å². The molecular weight excluding hydrogens is 314 g/mol. The van der Waals surface area contributed by atoms with E-state index in [2.05, 4.69) is 34.7 Å². The third-order valence-electron chi connectivity index (χ3n) is 3.48. The summed E-state index contributed by atoms with van der Waals surface area (Å²) in [6.45, 7) is 13.1. The van der Waals surface area contributed by atoms with Gasteiger partial charge in [0.05, 0.1) is 23.0 Å². The first-order chi connectivity index (χ1) is 11.9. The summed E-state index contributed by atoms with van der Waals surface area (Å²) < 4.78 is 0. The summed E-state index contributed by atoms with van der Waals surface area (Å²) in [5.74, 6) is 0. The summed E-state index contributed by atoms with van der Waals surface area (Å²) in [4.78, 5) is 12.4. The molecule has 0 atom stereocenters. The highest BCUT2D eigenvalue weighted by Gasteiger charge is 2.29. The lowest BCUT2D eigenvalue weighted by atomic mass is 9.86. The van der Waals surface area contributed by atoms with Crippen LogP contribution in [0.2, 0.25) is 0 Å². The second-order valence-corrected chi connectivity index (χ2v) is 4.93.